The van der Waals surface area contributed by atoms with Crippen molar-refractivity contribution in [2.75, 3.05) is 0 Å². The molecule has 0 amide bonds. The van der Waals surface area contributed by atoms with Gasteiger partial charge in [0.15, 0.2) is 0 Å². The number of hydrogen-bond donors (Lipinski definition) is 3. The van der Waals surface area contributed by atoms with Crippen molar-refractivity contribution in [2.24, 2.45) is 0 Å². The van der Waals surface area contributed by atoms with E-state index in [2.05, 4.69) is 66.7 Å². The summed E-state index contributed by atoms with van der Waals surface area (Å²) in [5.74, 6) is 1.56. The molecule has 3 nitrogen and oxygen atoms in total. The van der Waals surface area contributed by atoms with Crippen LogP contribution >= 0.6 is 0 Å². The Morgan fingerprint density at radius 3 is 1.20 bits per heavy atom. The summed E-state index contributed by atoms with van der Waals surface area (Å²) in [4.78, 5) is 0. The van der Waals surface area contributed by atoms with Crippen molar-refractivity contribution in [2.45, 2.75) is 125 Å². The van der Waals surface area contributed by atoms with Crippen LogP contribution in [-0.4, -0.2) is 15.3 Å². The lowest BCUT2D eigenvalue weighted by Gasteiger charge is -2.28. The van der Waals surface area contributed by atoms with Crippen LogP contribution in [0.1, 0.15) is 135 Å². The van der Waals surface area contributed by atoms with Crippen LogP contribution in [-0.2, 0) is 19.3 Å². The minimum atomic E-state index is 0.115. The lowest BCUT2D eigenvalue weighted by atomic mass is 9.76. The van der Waals surface area contributed by atoms with Gasteiger partial charge < -0.3 is 15.3 Å². The summed E-state index contributed by atoms with van der Waals surface area (Å²) in [7, 11) is 0. The molecule has 40 heavy (non-hydrogen) atoms. The van der Waals surface area contributed by atoms with Crippen molar-refractivity contribution in [1.82, 2.24) is 0 Å². The van der Waals surface area contributed by atoms with E-state index in [0.29, 0.717) is 17.2 Å². The number of unbranched alkanes of at least 4 members (excludes halogenated alkanes) is 3. The number of phenols is 3. The van der Waals surface area contributed by atoms with E-state index in [1.165, 1.54) is 16.7 Å². The fraction of sp³-hybridized carbons (Fsp3) is 0.514. The summed E-state index contributed by atoms with van der Waals surface area (Å²) in [6, 6.07) is 12.5. The molecule has 3 N–H and O–H groups in total. The first-order valence-corrected chi connectivity index (χ1v) is 15.6. The van der Waals surface area contributed by atoms with Crippen LogP contribution in [0.5, 0.6) is 17.2 Å². The molecule has 0 aliphatic heterocycles. The van der Waals surface area contributed by atoms with Crippen molar-refractivity contribution in [3.8, 4) is 17.2 Å². The molecule has 0 aliphatic rings. The molecular formula is C37H52O3. The summed E-state index contributed by atoms with van der Waals surface area (Å²) in [6.45, 7) is 15.2. The zero-order chi connectivity index (χ0) is 29.4. The van der Waals surface area contributed by atoms with Gasteiger partial charge in [-0.05, 0) is 140 Å². The third kappa shape index (κ3) is 7.62. The van der Waals surface area contributed by atoms with Gasteiger partial charge in [-0.2, -0.15) is 0 Å². The molecule has 1 unspecified atom stereocenters. The van der Waals surface area contributed by atoms with Crippen LogP contribution in [0.4, 0.5) is 0 Å². The van der Waals surface area contributed by atoms with E-state index in [1.807, 2.05) is 18.2 Å². The minimum absolute atomic E-state index is 0.115. The molecule has 3 rings (SSSR count). The summed E-state index contributed by atoms with van der Waals surface area (Å²) < 4.78 is 0. The molecule has 0 heterocycles. The Morgan fingerprint density at radius 1 is 0.525 bits per heavy atom. The zero-order valence-electron chi connectivity index (χ0n) is 26.0. The molecule has 0 saturated heterocycles. The van der Waals surface area contributed by atoms with Gasteiger partial charge in [0, 0.05) is 5.92 Å². The molecule has 1 atom stereocenters. The molecule has 0 radical (unpaired) electrons. The Kier molecular flexibility index (Phi) is 11.5. The Bertz CT molecular complexity index is 1210. The van der Waals surface area contributed by atoms with E-state index < -0.39 is 0 Å². The number of rotatable bonds is 14. The predicted octanol–water partition coefficient (Wildman–Crippen LogP) is 10.1. The molecule has 0 spiro atoms. The van der Waals surface area contributed by atoms with E-state index in [9.17, 15) is 15.3 Å². The topological polar surface area (TPSA) is 60.7 Å². The maximum Gasteiger partial charge on any atom is 0.119 e. The molecule has 3 aromatic rings. The highest BCUT2D eigenvalue weighted by atomic mass is 16.3. The molecule has 3 aromatic carbocycles. The van der Waals surface area contributed by atoms with Crippen molar-refractivity contribution in [3.05, 3.63) is 86.5 Å². The van der Waals surface area contributed by atoms with Crippen LogP contribution in [0.2, 0.25) is 0 Å². The van der Waals surface area contributed by atoms with Crippen molar-refractivity contribution in [3.63, 3.8) is 0 Å². The van der Waals surface area contributed by atoms with Gasteiger partial charge in [0.25, 0.3) is 0 Å². The summed E-state index contributed by atoms with van der Waals surface area (Å²) in [6.07, 6.45) is 9.95. The Morgan fingerprint density at radius 2 is 0.850 bits per heavy atom. The fourth-order valence-electron chi connectivity index (χ4n) is 6.16. The smallest absolute Gasteiger partial charge is 0.119 e. The third-order valence-electron chi connectivity index (χ3n) is 8.67. The van der Waals surface area contributed by atoms with Crippen LogP contribution in [0, 0.1) is 20.8 Å². The second-order valence-corrected chi connectivity index (χ2v) is 12.0. The molecular weight excluding hydrogens is 492 g/mol. The largest absolute Gasteiger partial charge is 0.508 e. The van der Waals surface area contributed by atoms with Gasteiger partial charge in [0.05, 0.1) is 0 Å². The molecule has 0 saturated carbocycles. The number of phenolic OH excluding ortho intramolecular Hbond substituents is 3. The molecule has 0 aliphatic carbocycles. The standard InChI is InChI=1S/C37H52O3/c1-8-11-14-28-21-31(25(5)18-35(28)38)24(4)17-34(32-22-29(15-12-9-2)36(39)19-26(32)6)33-23-30(16-13-10-3)37(40)20-27(33)7/h18-24,34,38-40H,8-17H2,1-7H3. The Hall–Kier alpha value is -2.94. The van der Waals surface area contributed by atoms with Gasteiger partial charge in [0.2, 0.25) is 0 Å². The first-order valence-electron chi connectivity index (χ1n) is 15.6. The maximum atomic E-state index is 10.8. The SMILES string of the molecule is CCCCc1cc(C(C)CC(c2cc(CCCC)c(O)cc2C)c2cc(CCCC)c(O)cc2C)c(C)cc1O. The first kappa shape index (κ1) is 31.6. The number of aromatic hydroxyl groups is 3. The maximum absolute atomic E-state index is 10.8. The molecule has 218 valence electrons. The molecule has 0 fully saturated rings. The molecule has 0 bridgehead atoms. The lowest BCUT2D eigenvalue weighted by Crippen LogP contribution is -2.12. The van der Waals surface area contributed by atoms with Gasteiger partial charge in [0.1, 0.15) is 17.2 Å². The van der Waals surface area contributed by atoms with Gasteiger partial charge in [-0.15, -0.1) is 0 Å². The highest BCUT2D eigenvalue weighted by molar-refractivity contribution is 5.51. The van der Waals surface area contributed by atoms with E-state index in [0.717, 1.165) is 97.6 Å². The average molecular weight is 545 g/mol. The Balaban J connectivity index is 2.15. The normalized spacial score (nSPS) is 12.3. The van der Waals surface area contributed by atoms with Gasteiger partial charge in [-0.3, -0.25) is 0 Å². The van der Waals surface area contributed by atoms with Crippen LogP contribution < -0.4 is 0 Å². The van der Waals surface area contributed by atoms with E-state index >= 15 is 0 Å². The zero-order valence-corrected chi connectivity index (χ0v) is 26.0. The second kappa shape index (κ2) is 14.6. The van der Waals surface area contributed by atoms with Crippen LogP contribution in [0.25, 0.3) is 0 Å². The van der Waals surface area contributed by atoms with Crippen molar-refractivity contribution in [1.29, 1.82) is 0 Å². The number of benzene rings is 3. The monoisotopic (exact) mass is 544 g/mol. The molecule has 0 aromatic heterocycles. The molecule has 3 heteroatoms. The van der Waals surface area contributed by atoms with Crippen LogP contribution in [0.15, 0.2) is 36.4 Å². The van der Waals surface area contributed by atoms with Gasteiger partial charge in [-0.25, -0.2) is 0 Å². The Labute approximate surface area is 243 Å². The fourth-order valence-corrected chi connectivity index (χ4v) is 6.16. The lowest BCUT2D eigenvalue weighted by molar-refractivity contribution is 0.465. The van der Waals surface area contributed by atoms with Gasteiger partial charge in [-0.1, -0.05) is 65.2 Å². The predicted molar refractivity (Wildman–Crippen MR) is 169 cm³/mol. The number of hydrogen-bond acceptors (Lipinski definition) is 3. The average Bonchev–Trinajstić information content (AvgIpc) is 2.90. The number of aryl methyl sites for hydroxylation is 6. The third-order valence-corrected chi connectivity index (χ3v) is 8.67. The highest BCUT2D eigenvalue weighted by Gasteiger charge is 2.25. The summed E-state index contributed by atoms with van der Waals surface area (Å²) >= 11 is 0. The minimum Gasteiger partial charge on any atom is -0.508 e. The summed E-state index contributed by atoms with van der Waals surface area (Å²) in [5, 5.41) is 32.2. The van der Waals surface area contributed by atoms with Gasteiger partial charge >= 0.3 is 0 Å². The quantitative estimate of drug-likeness (QED) is 0.189. The highest BCUT2D eigenvalue weighted by Crippen LogP contribution is 2.42. The van der Waals surface area contributed by atoms with Crippen molar-refractivity contribution < 1.29 is 15.3 Å². The second-order valence-electron chi connectivity index (χ2n) is 12.0. The van der Waals surface area contributed by atoms with E-state index in [-0.39, 0.29) is 11.8 Å². The van der Waals surface area contributed by atoms with E-state index in [1.54, 1.807) is 0 Å². The first-order chi connectivity index (χ1) is 19.1. The summed E-state index contributed by atoms with van der Waals surface area (Å²) in [5.41, 5.74) is 10.2. The van der Waals surface area contributed by atoms with Crippen LogP contribution in [0.3, 0.4) is 0 Å². The van der Waals surface area contributed by atoms with Crippen molar-refractivity contribution >= 4 is 0 Å². The van der Waals surface area contributed by atoms with E-state index in [4.69, 9.17) is 0 Å².